The third-order valence-electron chi connectivity index (χ3n) is 12.5. The summed E-state index contributed by atoms with van der Waals surface area (Å²) in [6.07, 6.45) is 0. The predicted octanol–water partition coefficient (Wildman–Crippen LogP) is 15.6. The fourth-order valence-electron chi connectivity index (χ4n) is 10.1. The van der Waals surface area contributed by atoms with Crippen LogP contribution in [0.25, 0.3) is 120 Å². The summed E-state index contributed by atoms with van der Waals surface area (Å²) < 4.78 is 2.50. The lowest BCUT2D eigenvalue weighted by molar-refractivity contribution is 0.828. The molecular weight excluding hydrogens is 701 g/mol. The second-order valence-electron chi connectivity index (χ2n) is 15.5. The van der Waals surface area contributed by atoms with E-state index in [0.29, 0.717) is 0 Å². The molecule has 272 valence electrons. The van der Waals surface area contributed by atoms with Crippen LogP contribution in [0.4, 0.5) is 0 Å². The lowest BCUT2D eigenvalue weighted by atomic mass is 9.83. The summed E-state index contributed by atoms with van der Waals surface area (Å²) in [5, 5.41) is 12.6. The summed E-state index contributed by atoms with van der Waals surface area (Å²) >= 11 is 0. The molecular formula is C56H38N2. The molecule has 2 aromatic heterocycles. The molecule has 0 aliphatic rings. The summed E-state index contributed by atoms with van der Waals surface area (Å²) in [7, 11) is 0. The van der Waals surface area contributed by atoms with E-state index in [-0.39, 0.29) is 0 Å². The van der Waals surface area contributed by atoms with Gasteiger partial charge < -0.3 is 9.55 Å². The van der Waals surface area contributed by atoms with Crippen molar-refractivity contribution in [2.24, 2.45) is 0 Å². The number of nitrogens with one attached hydrogen (secondary N) is 1. The second-order valence-corrected chi connectivity index (χ2v) is 15.5. The molecule has 0 spiro atoms. The van der Waals surface area contributed by atoms with Crippen LogP contribution in [0.15, 0.2) is 194 Å². The van der Waals surface area contributed by atoms with Crippen molar-refractivity contribution in [3.05, 3.63) is 194 Å². The Bertz CT molecular complexity index is 3600. The largest absolute Gasteiger partial charge is 0.354 e. The fourth-order valence-corrected chi connectivity index (χ4v) is 10.1. The Morgan fingerprint density at radius 2 is 0.948 bits per heavy atom. The van der Waals surface area contributed by atoms with Gasteiger partial charge in [-0.15, -0.1) is 0 Å². The Labute approximate surface area is 336 Å². The first-order valence-electron chi connectivity index (χ1n) is 20.3. The van der Waals surface area contributed by atoms with Crippen molar-refractivity contribution in [2.45, 2.75) is 13.5 Å². The van der Waals surface area contributed by atoms with Gasteiger partial charge in [0.2, 0.25) is 0 Å². The maximum Gasteiger partial charge on any atom is 0.0571 e. The third-order valence-corrected chi connectivity index (χ3v) is 12.5. The summed E-state index contributed by atoms with van der Waals surface area (Å²) in [6.45, 7) is 3.15. The van der Waals surface area contributed by atoms with Gasteiger partial charge in [0, 0.05) is 50.2 Å². The zero-order valence-corrected chi connectivity index (χ0v) is 32.1. The fraction of sp³-hybridized carbons (Fsp3) is 0.0357. The van der Waals surface area contributed by atoms with Crippen molar-refractivity contribution in [1.82, 2.24) is 9.55 Å². The van der Waals surface area contributed by atoms with E-state index in [2.05, 4.69) is 211 Å². The summed E-state index contributed by atoms with van der Waals surface area (Å²) in [4.78, 5) is 3.82. The molecule has 2 heteroatoms. The summed E-state index contributed by atoms with van der Waals surface area (Å²) in [5.41, 5.74) is 14.8. The molecule has 0 bridgehead atoms. The molecule has 2 nitrogen and oxygen atoms in total. The number of aromatic nitrogens is 2. The number of aromatic amines is 1. The van der Waals surface area contributed by atoms with Crippen molar-refractivity contribution in [1.29, 1.82) is 0 Å². The standard InChI is InChI=1S/C56H38N2/c1-2-58-52-33-9-7-21-41(52)47-30-15-29-46(56(47)58)39-24-13-26-43-50(39)34-49-38(44-27-14-28-45-40-20-6-8-32-51(40)57-55(44)45)23-12-25-42(49)54(43)48-31-11-19-36-18-10-22-37(53(36)48)35-16-4-3-5-17-35/h3-34,57H,2H2,1H3. The van der Waals surface area contributed by atoms with Crippen LogP contribution in [0.1, 0.15) is 6.92 Å². The molecule has 0 aliphatic carbocycles. The highest BCUT2D eigenvalue weighted by molar-refractivity contribution is 6.25. The van der Waals surface area contributed by atoms with Gasteiger partial charge in [-0.1, -0.05) is 176 Å². The number of fused-ring (bicyclic) bond motifs is 9. The first kappa shape index (κ1) is 32.8. The molecule has 58 heavy (non-hydrogen) atoms. The topological polar surface area (TPSA) is 20.7 Å². The second kappa shape index (κ2) is 12.8. The van der Waals surface area contributed by atoms with E-state index < -0.39 is 0 Å². The van der Waals surface area contributed by atoms with Gasteiger partial charge in [0.05, 0.1) is 11.0 Å². The number of hydrogen-bond donors (Lipinski definition) is 1. The minimum Gasteiger partial charge on any atom is -0.354 e. The molecule has 0 atom stereocenters. The molecule has 0 aliphatic heterocycles. The van der Waals surface area contributed by atoms with E-state index in [1.54, 1.807) is 0 Å². The van der Waals surface area contributed by atoms with Crippen LogP contribution < -0.4 is 0 Å². The lowest BCUT2D eigenvalue weighted by Crippen LogP contribution is -1.96. The first-order chi connectivity index (χ1) is 28.8. The minimum absolute atomic E-state index is 0.886. The number of benzene rings is 10. The Balaban J connectivity index is 1.25. The molecule has 0 unspecified atom stereocenters. The Morgan fingerprint density at radius 1 is 0.397 bits per heavy atom. The van der Waals surface area contributed by atoms with Crippen molar-refractivity contribution in [2.75, 3.05) is 0 Å². The van der Waals surface area contributed by atoms with Gasteiger partial charge in [-0.25, -0.2) is 0 Å². The number of para-hydroxylation sites is 4. The van der Waals surface area contributed by atoms with Crippen LogP contribution in [0, 0.1) is 0 Å². The van der Waals surface area contributed by atoms with Crippen LogP contribution >= 0.6 is 0 Å². The van der Waals surface area contributed by atoms with E-state index >= 15 is 0 Å². The quantitative estimate of drug-likeness (QED) is 0.170. The Morgan fingerprint density at radius 3 is 1.71 bits per heavy atom. The summed E-state index contributed by atoms with van der Waals surface area (Å²) in [5.74, 6) is 0. The van der Waals surface area contributed by atoms with Gasteiger partial charge in [-0.3, -0.25) is 0 Å². The van der Waals surface area contributed by atoms with Crippen molar-refractivity contribution < 1.29 is 0 Å². The smallest absolute Gasteiger partial charge is 0.0571 e. The average molecular weight is 739 g/mol. The van der Waals surface area contributed by atoms with Crippen LogP contribution in [-0.4, -0.2) is 9.55 Å². The maximum absolute atomic E-state index is 3.82. The van der Waals surface area contributed by atoms with Crippen molar-refractivity contribution in [3.8, 4) is 44.5 Å². The molecule has 0 saturated heterocycles. The highest BCUT2D eigenvalue weighted by atomic mass is 15.0. The molecule has 0 fully saturated rings. The molecule has 2 heterocycles. The van der Waals surface area contributed by atoms with Crippen molar-refractivity contribution >= 4 is 75.9 Å². The van der Waals surface area contributed by atoms with Crippen LogP contribution in [0.3, 0.4) is 0 Å². The molecule has 12 rings (SSSR count). The monoisotopic (exact) mass is 738 g/mol. The van der Waals surface area contributed by atoms with Crippen LogP contribution in [0.2, 0.25) is 0 Å². The molecule has 0 amide bonds. The Hall–Kier alpha value is -7.42. The number of hydrogen-bond acceptors (Lipinski definition) is 0. The van der Waals surface area contributed by atoms with Gasteiger partial charge in [-0.05, 0) is 90.8 Å². The highest BCUT2D eigenvalue weighted by Crippen LogP contribution is 2.48. The number of aryl methyl sites for hydroxylation is 1. The Kier molecular flexibility index (Phi) is 7.24. The normalized spacial score (nSPS) is 11.9. The van der Waals surface area contributed by atoms with E-state index in [1.807, 2.05) is 0 Å². The third kappa shape index (κ3) is 4.72. The lowest BCUT2D eigenvalue weighted by Gasteiger charge is -2.20. The van der Waals surface area contributed by atoms with E-state index in [4.69, 9.17) is 0 Å². The number of rotatable bonds is 5. The molecule has 0 radical (unpaired) electrons. The highest BCUT2D eigenvalue weighted by Gasteiger charge is 2.22. The van der Waals surface area contributed by atoms with Crippen molar-refractivity contribution in [3.63, 3.8) is 0 Å². The SMILES string of the molecule is CCn1c2ccccc2c2cccc(-c3cccc4c(-c5cccc6cccc(-c7ccccc7)c56)c5cccc(-c6cccc7c6[nH]c6ccccc67)c5cc34)c21. The molecule has 12 aromatic rings. The minimum atomic E-state index is 0.886. The van der Waals surface area contributed by atoms with Gasteiger partial charge in [0.15, 0.2) is 0 Å². The van der Waals surface area contributed by atoms with E-state index in [0.717, 1.165) is 12.1 Å². The van der Waals surface area contributed by atoms with Crippen LogP contribution in [-0.2, 0) is 6.54 Å². The zero-order chi connectivity index (χ0) is 38.3. The predicted molar refractivity (Wildman–Crippen MR) is 249 cm³/mol. The summed E-state index contributed by atoms with van der Waals surface area (Å²) in [6, 6.07) is 71.9. The first-order valence-corrected chi connectivity index (χ1v) is 20.3. The molecule has 1 N–H and O–H groups in total. The molecule has 0 saturated carbocycles. The number of nitrogens with zero attached hydrogens (tertiary/aromatic N) is 1. The zero-order valence-electron chi connectivity index (χ0n) is 32.1. The maximum atomic E-state index is 3.82. The molecule has 10 aromatic carbocycles. The van der Waals surface area contributed by atoms with Crippen LogP contribution in [0.5, 0.6) is 0 Å². The van der Waals surface area contributed by atoms with Gasteiger partial charge in [0.1, 0.15) is 0 Å². The van der Waals surface area contributed by atoms with E-state index in [9.17, 15) is 0 Å². The van der Waals surface area contributed by atoms with Gasteiger partial charge in [0.25, 0.3) is 0 Å². The average Bonchev–Trinajstić information content (AvgIpc) is 3.84. The van der Waals surface area contributed by atoms with E-state index in [1.165, 1.54) is 115 Å². The van der Waals surface area contributed by atoms with Gasteiger partial charge in [-0.2, -0.15) is 0 Å². The number of H-pyrrole nitrogens is 1. The van der Waals surface area contributed by atoms with Gasteiger partial charge >= 0.3 is 0 Å².